The van der Waals surface area contributed by atoms with E-state index >= 15 is 0 Å². The quantitative estimate of drug-likeness (QED) is 0.459. The van der Waals surface area contributed by atoms with Gasteiger partial charge < -0.3 is 19.5 Å². The largest absolute Gasteiger partial charge is 0.497 e. The summed E-state index contributed by atoms with van der Waals surface area (Å²) in [5, 5.41) is 2.95. The van der Waals surface area contributed by atoms with Crippen molar-refractivity contribution in [3.63, 3.8) is 0 Å². The maximum atomic E-state index is 12.8. The number of nitrogens with one attached hydrogen (secondary N) is 1. The Bertz CT molecular complexity index is 1010. The zero-order chi connectivity index (χ0) is 22.2. The van der Waals surface area contributed by atoms with Gasteiger partial charge in [-0.15, -0.1) is 0 Å². The van der Waals surface area contributed by atoms with Gasteiger partial charge in [-0.1, -0.05) is 32.0 Å². The van der Waals surface area contributed by atoms with Gasteiger partial charge in [0, 0.05) is 22.9 Å². The van der Waals surface area contributed by atoms with Crippen LogP contribution in [-0.4, -0.2) is 19.6 Å². The van der Waals surface area contributed by atoms with Crippen LogP contribution < -0.4 is 19.5 Å². The normalized spacial score (nSPS) is 10.6. The van der Waals surface area contributed by atoms with Crippen LogP contribution in [0, 0.1) is 0 Å². The van der Waals surface area contributed by atoms with Crippen LogP contribution in [0.2, 0.25) is 0 Å². The summed E-state index contributed by atoms with van der Waals surface area (Å²) in [6, 6.07) is 20.7. The Labute approximate surface area is 184 Å². The lowest BCUT2D eigenvalue weighted by atomic mass is 10.0. The van der Waals surface area contributed by atoms with Crippen LogP contribution in [0.4, 0.5) is 5.69 Å². The fourth-order valence-corrected chi connectivity index (χ4v) is 3.14. The van der Waals surface area contributed by atoms with Crippen molar-refractivity contribution in [3.8, 4) is 17.2 Å². The van der Waals surface area contributed by atoms with Gasteiger partial charge in [-0.3, -0.25) is 4.79 Å². The minimum atomic E-state index is -0.178. The number of benzene rings is 3. The summed E-state index contributed by atoms with van der Waals surface area (Å²) in [5.41, 5.74) is 3.33. The number of anilines is 1. The number of methoxy groups -OCH3 is 1. The standard InChI is InChI=1S/C26H29NO4/c1-5-30-25-14-11-20(26(28)27-22-12-9-19(10-13-22)18(2)3)15-21(25)17-31-24-8-6-7-23(16-24)29-4/h6-16,18H,5,17H2,1-4H3,(H,27,28). The molecule has 0 bridgehead atoms. The van der Waals surface area contributed by atoms with Crippen LogP contribution in [0.5, 0.6) is 17.2 Å². The highest BCUT2D eigenvalue weighted by molar-refractivity contribution is 6.04. The first-order valence-corrected chi connectivity index (χ1v) is 10.4. The van der Waals surface area contributed by atoms with Crippen molar-refractivity contribution in [1.82, 2.24) is 0 Å². The zero-order valence-electron chi connectivity index (χ0n) is 18.5. The Hall–Kier alpha value is -3.47. The number of carbonyl (C=O) groups excluding carboxylic acids is 1. The molecule has 0 aliphatic rings. The van der Waals surface area contributed by atoms with E-state index in [9.17, 15) is 4.79 Å². The van der Waals surface area contributed by atoms with Crippen molar-refractivity contribution in [2.24, 2.45) is 0 Å². The molecule has 0 saturated carbocycles. The molecular formula is C26H29NO4. The van der Waals surface area contributed by atoms with Crippen LogP contribution in [0.15, 0.2) is 66.7 Å². The molecule has 0 unspecified atom stereocenters. The number of hydrogen-bond acceptors (Lipinski definition) is 4. The Morgan fingerprint density at radius 1 is 0.935 bits per heavy atom. The lowest BCUT2D eigenvalue weighted by Gasteiger charge is -2.14. The van der Waals surface area contributed by atoms with Crippen molar-refractivity contribution < 1.29 is 19.0 Å². The van der Waals surface area contributed by atoms with Gasteiger partial charge in [-0.05, 0) is 60.9 Å². The highest BCUT2D eigenvalue weighted by Gasteiger charge is 2.12. The maximum Gasteiger partial charge on any atom is 0.255 e. The molecule has 1 N–H and O–H groups in total. The monoisotopic (exact) mass is 419 g/mol. The van der Waals surface area contributed by atoms with E-state index in [1.54, 1.807) is 13.2 Å². The molecule has 0 aromatic heterocycles. The summed E-state index contributed by atoms with van der Waals surface area (Å²) in [4.78, 5) is 12.8. The Morgan fingerprint density at radius 3 is 2.35 bits per heavy atom. The topological polar surface area (TPSA) is 56.8 Å². The molecule has 0 aliphatic carbocycles. The predicted molar refractivity (Wildman–Crippen MR) is 123 cm³/mol. The molecule has 0 saturated heterocycles. The first-order chi connectivity index (χ1) is 15.0. The zero-order valence-corrected chi connectivity index (χ0v) is 18.5. The third-order valence-electron chi connectivity index (χ3n) is 4.89. The Balaban J connectivity index is 1.75. The molecule has 0 heterocycles. The number of carbonyl (C=O) groups is 1. The van der Waals surface area contributed by atoms with E-state index in [-0.39, 0.29) is 12.5 Å². The van der Waals surface area contributed by atoms with Crippen LogP contribution in [-0.2, 0) is 6.61 Å². The second-order valence-corrected chi connectivity index (χ2v) is 7.45. The van der Waals surface area contributed by atoms with Gasteiger partial charge in [0.15, 0.2) is 0 Å². The summed E-state index contributed by atoms with van der Waals surface area (Å²) in [7, 11) is 1.62. The Kier molecular flexibility index (Phi) is 7.55. The third-order valence-corrected chi connectivity index (χ3v) is 4.89. The van der Waals surface area contributed by atoms with Gasteiger partial charge in [-0.2, -0.15) is 0 Å². The average Bonchev–Trinajstić information content (AvgIpc) is 2.79. The second kappa shape index (κ2) is 10.5. The number of amides is 1. The van der Waals surface area contributed by atoms with Crippen LogP contribution in [0.3, 0.4) is 0 Å². The third kappa shape index (κ3) is 6.01. The second-order valence-electron chi connectivity index (χ2n) is 7.45. The predicted octanol–water partition coefficient (Wildman–Crippen LogP) is 6.05. The minimum absolute atomic E-state index is 0.178. The molecule has 3 rings (SSSR count). The van der Waals surface area contributed by atoms with E-state index in [1.807, 2.05) is 67.6 Å². The molecule has 31 heavy (non-hydrogen) atoms. The number of ether oxygens (including phenoxy) is 3. The van der Waals surface area contributed by atoms with Crippen molar-refractivity contribution >= 4 is 11.6 Å². The SMILES string of the molecule is CCOc1ccc(C(=O)Nc2ccc(C(C)C)cc2)cc1COc1cccc(OC)c1. The van der Waals surface area contributed by atoms with E-state index in [2.05, 4.69) is 19.2 Å². The van der Waals surface area contributed by atoms with Gasteiger partial charge in [0.05, 0.1) is 13.7 Å². The molecule has 1 amide bonds. The van der Waals surface area contributed by atoms with Crippen LogP contribution >= 0.6 is 0 Å². The summed E-state index contributed by atoms with van der Waals surface area (Å²) >= 11 is 0. The van der Waals surface area contributed by atoms with Crippen molar-refractivity contribution in [2.45, 2.75) is 33.3 Å². The summed E-state index contributed by atoms with van der Waals surface area (Å²) in [5.74, 6) is 2.37. The molecule has 0 aliphatic heterocycles. The van der Waals surface area contributed by atoms with Crippen molar-refractivity contribution in [2.75, 3.05) is 19.0 Å². The molecular weight excluding hydrogens is 390 g/mol. The van der Waals surface area contributed by atoms with E-state index in [0.29, 0.717) is 29.6 Å². The summed E-state index contributed by atoms with van der Waals surface area (Å²) < 4.78 is 16.9. The summed E-state index contributed by atoms with van der Waals surface area (Å²) in [6.45, 7) is 7.01. The highest BCUT2D eigenvalue weighted by atomic mass is 16.5. The average molecular weight is 420 g/mol. The first-order valence-electron chi connectivity index (χ1n) is 10.4. The molecule has 0 fully saturated rings. The van der Waals surface area contributed by atoms with E-state index < -0.39 is 0 Å². The lowest BCUT2D eigenvalue weighted by Crippen LogP contribution is -2.13. The molecule has 0 spiro atoms. The maximum absolute atomic E-state index is 12.8. The molecule has 3 aromatic carbocycles. The van der Waals surface area contributed by atoms with Crippen LogP contribution in [0.25, 0.3) is 0 Å². The molecule has 5 heteroatoms. The van der Waals surface area contributed by atoms with Gasteiger partial charge in [0.1, 0.15) is 23.9 Å². The minimum Gasteiger partial charge on any atom is -0.497 e. The molecule has 3 aromatic rings. The van der Waals surface area contributed by atoms with Gasteiger partial charge in [0.2, 0.25) is 0 Å². The van der Waals surface area contributed by atoms with Crippen molar-refractivity contribution in [1.29, 1.82) is 0 Å². The molecule has 5 nitrogen and oxygen atoms in total. The number of hydrogen-bond donors (Lipinski definition) is 1. The van der Waals surface area contributed by atoms with Gasteiger partial charge in [-0.25, -0.2) is 0 Å². The smallest absolute Gasteiger partial charge is 0.255 e. The lowest BCUT2D eigenvalue weighted by molar-refractivity contribution is 0.102. The number of rotatable bonds is 9. The first kappa shape index (κ1) is 22.2. The summed E-state index contributed by atoms with van der Waals surface area (Å²) in [6.07, 6.45) is 0. The fourth-order valence-electron chi connectivity index (χ4n) is 3.14. The van der Waals surface area contributed by atoms with Gasteiger partial charge in [0.25, 0.3) is 5.91 Å². The highest BCUT2D eigenvalue weighted by Crippen LogP contribution is 2.25. The Morgan fingerprint density at radius 2 is 1.68 bits per heavy atom. The van der Waals surface area contributed by atoms with Crippen molar-refractivity contribution in [3.05, 3.63) is 83.4 Å². The van der Waals surface area contributed by atoms with E-state index in [0.717, 1.165) is 17.0 Å². The van der Waals surface area contributed by atoms with Gasteiger partial charge >= 0.3 is 0 Å². The fraction of sp³-hybridized carbons (Fsp3) is 0.269. The van der Waals surface area contributed by atoms with E-state index in [4.69, 9.17) is 14.2 Å². The van der Waals surface area contributed by atoms with E-state index in [1.165, 1.54) is 5.56 Å². The molecule has 0 atom stereocenters. The van der Waals surface area contributed by atoms with Crippen LogP contribution in [0.1, 0.15) is 48.2 Å². The molecule has 162 valence electrons. The molecule has 0 radical (unpaired) electrons.